The van der Waals surface area contributed by atoms with Gasteiger partial charge in [-0.2, -0.15) is 0 Å². The summed E-state index contributed by atoms with van der Waals surface area (Å²) >= 11 is 1.21. The molecule has 2 amide bonds. The second kappa shape index (κ2) is 7.53. The van der Waals surface area contributed by atoms with Crippen LogP contribution in [0.25, 0.3) is 11.3 Å². The lowest BCUT2D eigenvalue weighted by atomic mass is 10.1. The molecule has 0 atom stereocenters. The van der Waals surface area contributed by atoms with Gasteiger partial charge in [0.15, 0.2) is 10.9 Å². The minimum absolute atomic E-state index is 0.127. The number of aryl methyl sites for hydroxylation is 1. The van der Waals surface area contributed by atoms with E-state index in [1.807, 2.05) is 45.0 Å². The molecule has 0 aliphatic rings. The first-order valence-corrected chi connectivity index (χ1v) is 8.99. The number of carbonyl (C=O) groups excluding carboxylic acids is 2. The third-order valence-corrected chi connectivity index (χ3v) is 4.56. The Labute approximate surface area is 155 Å². The van der Waals surface area contributed by atoms with Gasteiger partial charge in [-0.25, -0.2) is 4.98 Å². The molecule has 0 saturated heterocycles. The Balaban J connectivity index is 1.94. The van der Waals surface area contributed by atoms with Crippen LogP contribution in [0.4, 0.5) is 10.1 Å². The summed E-state index contributed by atoms with van der Waals surface area (Å²) in [5, 5.41) is 6.60. The highest BCUT2D eigenvalue weighted by atomic mass is 32.1. The topological polar surface area (TPSA) is 84.2 Å². The van der Waals surface area contributed by atoms with E-state index in [9.17, 15) is 9.59 Å². The molecule has 2 heterocycles. The molecule has 1 aromatic carbocycles. The fraction of sp³-hybridized carbons (Fsp3) is 0.211. The molecule has 0 radical (unpaired) electrons. The molecule has 2 N–H and O–H groups in total. The van der Waals surface area contributed by atoms with Gasteiger partial charge in [0.2, 0.25) is 5.91 Å². The number of furan rings is 1. The maximum absolute atomic E-state index is 12.3. The third kappa shape index (κ3) is 4.00. The van der Waals surface area contributed by atoms with Crippen LogP contribution in [0.5, 0.6) is 0 Å². The molecule has 0 bridgehead atoms. The number of amides is 2. The second-order valence-corrected chi connectivity index (χ2v) is 7.14. The number of nitrogens with one attached hydrogen (secondary N) is 2. The minimum Gasteiger partial charge on any atom is -0.459 e. The first-order chi connectivity index (χ1) is 12.4. The Morgan fingerprint density at radius 1 is 1.12 bits per heavy atom. The Bertz CT molecular complexity index is 912. The molecule has 7 heteroatoms. The maximum Gasteiger partial charge on any atom is 0.292 e. The van der Waals surface area contributed by atoms with E-state index >= 15 is 0 Å². The highest BCUT2D eigenvalue weighted by Gasteiger charge is 2.19. The van der Waals surface area contributed by atoms with Crippen LogP contribution < -0.4 is 10.6 Å². The van der Waals surface area contributed by atoms with Gasteiger partial charge in [0.1, 0.15) is 10.7 Å². The summed E-state index contributed by atoms with van der Waals surface area (Å²) in [5.74, 6) is -0.448. The van der Waals surface area contributed by atoms with Gasteiger partial charge >= 0.3 is 0 Å². The van der Waals surface area contributed by atoms with Gasteiger partial charge in [-0.3, -0.25) is 9.59 Å². The molecule has 26 heavy (non-hydrogen) atoms. The molecule has 0 aliphatic carbocycles. The highest BCUT2D eigenvalue weighted by Crippen LogP contribution is 2.36. The summed E-state index contributed by atoms with van der Waals surface area (Å²) in [6.07, 6.45) is 1.44. The number of hydrogen-bond acceptors (Lipinski definition) is 5. The number of carbonyl (C=O) groups is 2. The zero-order valence-corrected chi connectivity index (χ0v) is 15.5. The van der Waals surface area contributed by atoms with Gasteiger partial charge in [-0.05, 0) is 19.1 Å². The average molecular weight is 369 g/mol. The van der Waals surface area contributed by atoms with E-state index < -0.39 is 0 Å². The quantitative estimate of drug-likeness (QED) is 0.690. The summed E-state index contributed by atoms with van der Waals surface area (Å²) in [6.45, 7) is 5.62. The summed E-state index contributed by atoms with van der Waals surface area (Å²) in [4.78, 5) is 28.8. The largest absolute Gasteiger partial charge is 0.459 e. The molecular formula is C19H19N3O3S. The number of rotatable bonds is 5. The van der Waals surface area contributed by atoms with Crippen molar-refractivity contribution in [1.82, 2.24) is 4.98 Å². The van der Waals surface area contributed by atoms with E-state index in [0.29, 0.717) is 15.8 Å². The maximum atomic E-state index is 12.3. The zero-order valence-electron chi connectivity index (χ0n) is 14.7. The molecular weight excluding hydrogens is 350 g/mol. The lowest BCUT2D eigenvalue weighted by Crippen LogP contribution is -2.17. The number of anilines is 2. The van der Waals surface area contributed by atoms with Crippen LogP contribution in [0.3, 0.4) is 0 Å². The van der Waals surface area contributed by atoms with Crippen LogP contribution in [0, 0.1) is 12.8 Å². The Morgan fingerprint density at radius 2 is 1.85 bits per heavy atom. The van der Waals surface area contributed by atoms with Crippen molar-refractivity contribution in [2.75, 3.05) is 10.6 Å². The monoisotopic (exact) mass is 369 g/mol. The van der Waals surface area contributed by atoms with Crippen molar-refractivity contribution >= 4 is 33.3 Å². The van der Waals surface area contributed by atoms with Crippen LogP contribution in [0.1, 0.15) is 30.0 Å². The minimum atomic E-state index is -0.367. The van der Waals surface area contributed by atoms with E-state index in [1.54, 1.807) is 12.1 Å². The zero-order chi connectivity index (χ0) is 18.7. The molecule has 3 aromatic rings. The van der Waals surface area contributed by atoms with Crippen molar-refractivity contribution in [3.63, 3.8) is 0 Å². The molecule has 0 fully saturated rings. The van der Waals surface area contributed by atoms with E-state index in [-0.39, 0.29) is 23.5 Å². The Morgan fingerprint density at radius 3 is 2.46 bits per heavy atom. The fourth-order valence-electron chi connectivity index (χ4n) is 2.19. The Hall–Kier alpha value is -2.93. The molecule has 0 aliphatic heterocycles. The van der Waals surface area contributed by atoms with Crippen molar-refractivity contribution in [3.05, 3.63) is 54.0 Å². The van der Waals surface area contributed by atoms with E-state index in [4.69, 9.17) is 4.42 Å². The lowest BCUT2D eigenvalue weighted by Gasteiger charge is -2.04. The molecule has 6 nitrogen and oxygen atoms in total. The average Bonchev–Trinajstić information content (AvgIpc) is 3.26. The van der Waals surface area contributed by atoms with Gasteiger partial charge in [-0.1, -0.05) is 55.0 Å². The van der Waals surface area contributed by atoms with E-state index in [0.717, 1.165) is 11.1 Å². The highest BCUT2D eigenvalue weighted by molar-refractivity contribution is 7.20. The van der Waals surface area contributed by atoms with Crippen molar-refractivity contribution in [3.8, 4) is 11.3 Å². The van der Waals surface area contributed by atoms with Crippen LogP contribution in [-0.4, -0.2) is 16.8 Å². The number of benzene rings is 1. The predicted molar refractivity (Wildman–Crippen MR) is 102 cm³/mol. The third-order valence-electron chi connectivity index (χ3n) is 3.68. The first kappa shape index (κ1) is 17.9. The van der Waals surface area contributed by atoms with Gasteiger partial charge in [0.25, 0.3) is 5.91 Å². The van der Waals surface area contributed by atoms with Gasteiger partial charge < -0.3 is 15.1 Å². The van der Waals surface area contributed by atoms with Crippen molar-refractivity contribution in [2.45, 2.75) is 20.8 Å². The SMILES string of the molecule is Cc1ccc(-c2nc(NC(=O)C(C)C)sc2NC(=O)c2ccco2)cc1. The van der Waals surface area contributed by atoms with Crippen LogP contribution in [-0.2, 0) is 4.79 Å². The van der Waals surface area contributed by atoms with Crippen molar-refractivity contribution in [1.29, 1.82) is 0 Å². The molecule has 3 rings (SSSR count). The Kier molecular flexibility index (Phi) is 5.18. The molecule has 2 aromatic heterocycles. The van der Waals surface area contributed by atoms with Gasteiger partial charge in [0, 0.05) is 11.5 Å². The predicted octanol–water partition coefficient (Wildman–Crippen LogP) is 4.56. The van der Waals surface area contributed by atoms with Crippen molar-refractivity contribution in [2.24, 2.45) is 5.92 Å². The summed E-state index contributed by atoms with van der Waals surface area (Å²) in [5.41, 5.74) is 2.58. The van der Waals surface area contributed by atoms with E-state index in [1.165, 1.54) is 17.6 Å². The van der Waals surface area contributed by atoms with Crippen molar-refractivity contribution < 1.29 is 14.0 Å². The standard InChI is InChI=1S/C19H19N3O3S/c1-11(2)16(23)22-19-20-15(13-8-6-12(3)7-9-13)18(26-19)21-17(24)14-5-4-10-25-14/h4-11H,1-3H3,(H,21,24)(H,20,22,23). The van der Waals surface area contributed by atoms with Crippen LogP contribution in [0.2, 0.25) is 0 Å². The number of aromatic nitrogens is 1. The number of thiazole rings is 1. The van der Waals surface area contributed by atoms with E-state index in [2.05, 4.69) is 15.6 Å². The fourth-order valence-corrected chi connectivity index (χ4v) is 3.07. The van der Waals surface area contributed by atoms with Gasteiger partial charge in [-0.15, -0.1) is 0 Å². The smallest absolute Gasteiger partial charge is 0.292 e. The normalized spacial score (nSPS) is 10.8. The second-order valence-electron chi connectivity index (χ2n) is 6.14. The summed E-state index contributed by atoms with van der Waals surface area (Å²) in [7, 11) is 0. The van der Waals surface area contributed by atoms with Crippen LogP contribution in [0.15, 0.2) is 47.1 Å². The molecule has 134 valence electrons. The van der Waals surface area contributed by atoms with Gasteiger partial charge in [0.05, 0.1) is 6.26 Å². The molecule has 0 spiro atoms. The molecule has 0 unspecified atom stereocenters. The van der Waals surface area contributed by atoms with Crippen LogP contribution >= 0.6 is 11.3 Å². The summed E-state index contributed by atoms with van der Waals surface area (Å²) < 4.78 is 5.13. The first-order valence-electron chi connectivity index (χ1n) is 8.17. The number of hydrogen-bond donors (Lipinski definition) is 2. The molecule has 0 saturated carbocycles. The summed E-state index contributed by atoms with van der Waals surface area (Å²) in [6, 6.07) is 11.0. The lowest BCUT2D eigenvalue weighted by molar-refractivity contribution is -0.118. The number of nitrogens with zero attached hydrogens (tertiary/aromatic N) is 1.